The van der Waals surface area contributed by atoms with Gasteiger partial charge in [-0.25, -0.2) is 0 Å². The molecule has 0 bridgehead atoms. The van der Waals surface area contributed by atoms with Crippen LogP contribution in [-0.2, 0) is 4.79 Å². The number of nitrogens with one attached hydrogen (secondary N) is 1. The van der Waals surface area contributed by atoms with E-state index in [0.29, 0.717) is 24.2 Å². The first-order valence-electron chi connectivity index (χ1n) is 10.0. The van der Waals surface area contributed by atoms with Gasteiger partial charge in [0.05, 0.1) is 18.8 Å². The zero-order valence-electron chi connectivity index (χ0n) is 17.0. The van der Waals surface area contributed by atoms with Crippen LogP contribution in [0, 0.1) is 17.8 Å². The van der Waals surface area contributed by atoms with Crippen molar-refractivity contribution in [3.05, 3.63) is 12.2 Å². The van der Waals surface area contributed by atoms with Crippen LogP contribution in [0.4, 0.5) is 0 Å². The predicted molar refractivity (Wildman–Crippen MR) is 105 cm³/mol. The summed E-state index contributed by atoms with van der Waals surface area (Å²) in [6.07, 6.45) is 9.54. The molecule has 25 heavy (non-hydrogen) atoms. The van der Waals surface area contributed by atoms with Crippen LogP contribution in [0.5, 0.6) is 0 Å². The van der Waals surface area contributed by atoms with Crippen LogP contribution in [-0.4, -0.2) is 34.9 Å². The minimum atomic E-state index is -0.848. The SMILES string of the molecule is CCCCCC(=O)N[C@@H](CO)[C@H](O)/C=C/CC(CC(C)C)CC(C)C. The van der Waals surface area contributed by atoms with Crippen LogP contribution in [0.1, 0.15) is 79.6 Å². The van der Waals surface area contributed by atoms with E-state index in [1.165, 1.54) is 12.8 Å². The summed E-state index contributed by atoms with van der Waals surface area (Å²) in [7, 11) is 0. The highest BCUT2D eigenvalue weighted by molar-refractivity contribution is 5.76. The molecule has 4 nitrogen and oxygen atoms in total. The zero-order valence-corrected chi connectivity index (χ0v) is 17.0. The first-order chi connectivity index (χ1) is 11.8. The van der Waals surface area contributed by atoms with E-state index in [2.05, 4.69) is 39.9 Å². The lowest BCUT2D eigenvalue weighted by molar-refractivity contribution is -0.123. The second-order valence-corrected chi connectivity index (χ2v) is 8.09. The van der Waals surface area contributed by atoms with Crippen LogP contribution in [0.2, 0.25) is 0 Å². The number of aliphatic hydroxyl groups is 2. The summed E-state index contributed by atoms with van der Waals surface area (Å²) in [6.45, 7) is 10.8. The molecule has 0 rings (SSSR count). The summed E-state index contributed by atoms with van der Waals surface area (Å²) < 4.78 is 0. The van der Waals surface area contributed by atoms with E-state index < -0.39 is 12.1 Å². The zero-order chi connectivity index (χ0) is 19.2. The Morgan fingerprint density at radius 2 is 1.68 bits per heavy atom. The Bertz CT molecular complexity index is 356. The molecule has 4 heteroatoms. The van der Waals surface area contributed by atoms with Gasteiger partial charge >= 0.3 is 0 Å². The van der Waals surface area contributed by atoms with Gasteiger partial charge in [-0.1, -0.05) is 59.6 Å². The number of hydrogen-bond donors (Lipinski definition) is 3. The fourth-order valence-electron chi connectivity index (χ4n) is 3.22. The molecule has 0 saturated heterocycles. The summed E-state index contributed by atoms with van der Waals surface area (Å²) in [5.41, 5.74) is 0. The maximum atomic E-state index is 11.9. The lowest BCUT2D eigenvalue weighted by Gasteiger charge is -2.21. The molecule has 0 radical (unpaired) electrons. The van der Waals surface area contributed by atoms with E-state index in [1.807, 2.05) is 6.08 Å². The van der Waals surface area contributed by atoms with E-state index in [1.54, 1.807) is 6.08 Å². The van der Waals surface area contributed by atoms with Crippen molar-refractivity contribution in [3.63, 3.8) is 0 Å². The Labute approximate surface area is 155 Å². The average Bonchev–Trinajstić information content (AvgIpc) is 2.51. The third kappa shape index (κ3) is 13.1. The molecule has 0 aliphatic rings. The number of allylic oxidation sites excluding steroid dienone is 1. The molecular weight excluding hydrogens is 314 g/mol. The molecular formula is C21H41NO3. The van der Waals surface area contributed by atoms with E-state index in [4.69, 9.17) is 0 Å². The average molecular weight is 356 g/mol. The topological polar surface area (TPSA) is 69.6 Å². The lowest BCUT2D eigenvalue weighted by atomic mass is 9.87. The van der Waals surface area contributed by atoms with Gasteiger partial charge in [0.1, 0.15) is 0 Å². The van der Waals surface area contributed by atoms with Crippen molar-refractivity contribution in [1.29, 1.82) is 0 Å². The van der Waals surface area contributed by atoms with Gasteiger partial charge in [0.2, 0.25) is 5.91 Å². The Balaban J connectivity index is 4.44. The fourth-order valence-corrected chi connectivity index (χ4v) is 3.22. The smallest absolute Gasteiger partial charge is 0.220 e. The van der Waals surface area contributed by atoms with Crippen LogP contribution in [0.15, 0.2) is 12.2 Å². The number of carbonyl (C=O) groups is 1. The van der Waals surface area contributed by atoms with Gasteiger partial charge in [0.25, 0.3) is 0 Å². The number of carbonyl (C=O) groups excluding carboxylic acids is 1. The number of aliphatic hydroxyl groups excluding tert-OH is 2. The molecule has 0 aromatic rings. The van der Waals surface area contributed by atoms with Crippen molar-refractivity contribution in [2.24, 2.45) is 17.8 Å². The van der Waals surface area contributed by atoms with Crippen molar-refractivity contribution in [3.8, 4) is 0 Å². The molecule has 0 unspecified atom stereocenters. The van der Waals surface area contributed by atoms with Crippen LogP contribution in [0.25, 0.3) is 0 Å². The minimum Gasteiger partial charge on any atom is -0.394 e. The minimum absolute atomic E-state index is 0.0996. The van der Waals surface area contributed by atoms with Crippen molar-refractivity contribution in [2.45, 2.75) is 91.7 Å². The lowest BCUT2D eigenvalue weighted by Crippen LogP contribution is -2.45. The largest absolute Gasteiger partial charge is 0.394 e. The van der Waals surface area contributed by atoms with Gasteiger partial charge in [-0.05, 0) is 43.4 Å². The normalized spacial score (nSPS) is 14.6. The molecule has 148 valence electrons. The van der Waals surface area contributed by atoms with Gasteiger partial charge in [0.15, 0.2) is 0 Å². The molecule has 3 N–H and O–H groups in total. The second-order valence-electron chi connectivity index (χ2n) is 8.09. The second kappa shape index (κ2) is 14.3. The maximum absolute atomic E-state index is 11.9. The van der Waals surface area contributed by atoms with Gasteiger partial charge in [-0.2, -0.15) is 0 Å². The number of rotatable bonds is 14. The first kappa shape index (κ1) is 24.1. The van der Waals surface area contributed by atoms with E-state index >= 15 is 0 Å². The number of hydrogen-bond acceptors (Lipinski definition) is 3. The molecule has 2 atom stereocenters. The quantitative estimate of drug-likeness (QED) is 0.325. The Morgan fingerprint density at radius 3 is 2.16 bits per heavy atom. The fraction of sp³-hybridized carbons (Fsp3) is 0.857. The highest BCUT2D eigenvalue weighted by atomic mass is 16.3. The number of amides is 1. The van der Waals surface area contributed by atoms with Crippen LogP contribution >= 0.6 is 0 Å². The highest BCUT2D eigenvalue weighted by Gasteiger charge is 2.18. The third-order valence-electron chi connectivity index (χ3n) is 4.37. The van der Waals surface area contributed by atoms with Gasteiger partial charge < -0.3 is 15.5 Å². The molecule has 0 heterocycles. The van der Waals surface area contributed by atoms with Gasteiger partial charge in [0, 0.05) is 6.42 Å². The highest BCUT2D eigenvalue weighted by Crippen LogP contribution is 2.23. The van der Waals surface area contributed by atoms with Crippen molar-refractivity contribution < 1.29 is 15.0 Å². The summed E-state index contributed by atoms with van der Waals surface area (Å²) >= 11 is 0. The van der Waals surface area contributed by atoms with E-state index in [-0.39, 0.29) is 12.5 Å². The van der Waals surface area contributed by atoms with Crippen molar-refractivity contribution in [1.82, 2.24) is 5.32 Å². The van der Waals surface area contributed by atoms with Crippen LogP contribution in [0.3, 0.4) is 0 Å². The van der Waals surface area contributed by atoms with E-state index in [0.717, 1.165) is 25.7 Å². The first-order valence-corrected chi connectivity index (χ1v) is 10.0. The monoisotopic (exact) mass is 355 g/mol. The standard InChI is InChI=1S/C21H41NO3/c1-6-7-8-12-21(25)22-19(15-23)20(24)11-9-10-18(13-16(2)3)14-17(4)5/h9,11,16-20,23-24H,6-8,10,12-15H2,1-5H3,(H,22,25)/b11-9+/t19-,20+/m0/s1. The van der Waals surface area contributed by atoms with Crippen molar-refractivity contribution in [2.75, 3.05) is 6.61 Å². The summed E-state index contributed by atoms with van der Waals surface area (Å²) in [6, 6.07) is -0.626. The summed E-state index contributed by atoms with van der Waals surface area (Å²) in [5, 5.41) is 22.4. The molecule has 0 aliphatic carbocycles. The summed E-state index contributed by atoms with van der Waals surface area (Å²) in [4.78, 5) is 11.9. The molecule has 0 aliphatic heterocycles. The maximum Gasteiger partial charge on any atom is 0.220 e. The number of unbranched alkanes of at least 4 members (excludes halogenated alkanes) is 2. The molecule has 0 spiro atoms. The molecule has 0 aromatic heterocycles. The van der Waals surface area contributed by atoms with Crippen molar-refractivity contribution >= 4 is 5.91 Å². The Hall–Kier alpha value is -0.870. The summed E-state index contributed by atoms with van der Waals surface area (Å²) in [5.74, 6) is 1.83. The molecule has 0 saturated carbocycles. The molecule has 0 fully saturated rings. The molecule has 1 amide bonds. The van der Waals surface area contributed by atoms with Gasteiger partial charge in [-0.3, -0.25) is 4.79 Å². The van der Waals surface area contributed by atoms with Crippen LogP contribution < -0.4 is 5.32 Å². The van der Waals surface area contributed by atoms with E-state index in [9.17, 15) is 15.0 Å². The Morgan fingerprint density at radius 1 is 1.08 bits per heavy atom. The van der Waals surface area contributed by atoms with Gasteiger partial charge in [-0.15, -0.1) is 0 Å². The third-order valence-corrected chi connectivity index (χ3v) is 4.37. The predicted octanol–water partition coefficient (Wildman–Crippen LogP) is 4.06. The Kier molecular flexibility index (Phi) is 13.8. The molecule has 0 aromatic carbocycles.